The number of azo groups is 1. The number of aromatic nitrogens is 1. The molecule has 123 valence electrons. The van der Waals surface area contributed by atoms with Gasteiger partial charge in [-0.1, -0.05) is 0 Å². The summed E-state index contributed by atoms with van der Waals surface area (Å²) in [5, 5.41) is 18.5. The molecule has 3 rings (SSSR count). The van der Waals surface area contributed by atoms with Crippen LogP contribution in [0.2, 0.25) is 0 Å². The summed E-state index contributed by atoms with van der Waals surface area (Å²) in [7, 11) is -4.23. The topological polar surface area (TPSA) is 112 Å². The molecule has 0 aliphatic heterocycles. The van der Waals surface area contributed by atoms with Gasteiger partial charge in [-0.3, -0.25) is 9.54 Å². The van der Waals surface area contributed by atoms with E-state index >= 15 is 0 Å². The van der Waals surface area contributed by atoms with Gasteiger partial charge in [-0.2, -0.15) is 13.5 Å². The van der Waals surface area contributed by atoms with Crippen molar-refractivity contribution in [3.05, 3.63) is 54.7 Å². The number of phenols is 1. The third-order valence-electron chi connectivity index (χ3n) is 3.13. The van der Waals surface area contributed by atoms with Gasteiger partial charge in [-0.15, -0.1) is 5.11 Å². The Morgan fingerprint density at radius 2 is 1.67 bits per heavy atom. The predicted molar refractivity (Wildman–Crippen MR) is 83.8 cm³/mol. The molecule has 0 bridgehead atoms. The molecular weight excluding hydrogens is 373 g/mol. The molecule has 2 aromatic carbocycles. The fourth-order valence-corrected chi connectivity index (χ4v) is 2.51. The van der Waals surface area contributed by atoms with Gasteiger partial charge in [0, 0.05) is 28.7 Å². The van der Waals surface area contributed by atoms with Gasteiger partial charge in [0.1, 0.15) is 11.3 Å². The van der Waals surface area contributed by atoms with Gasteiger partial charge in [0.05, 0.1) is 16.3 Å². The maximum absolute atomic E-state index is 11.0. The number of rotatable bonds is 3. The summed E-state index contributed by atoms with van der Waals surface area (Å²) in [5.41, 5.74) is 1.36. The van der Waals surface area contributed by atoms with Gasteiger partial charge in [0.2, 0.25) is 0 Å². The van der Waals surface area contributed by atoms with Gasteiger partial charge in [-0.05, 0) is 48.5 Å². The molecule has 2 N–H and O–H groups in total. The van der Waals surface area contributed by atoms with Crippen LogP contribution in [0.3, 0.4) is 0 Å². The summed E-state index contributed by atoms with van der Waals surface area (Å²) in [6, 6.07) is 11.9. The van der Waals surface area contributed by atoms with Crippen molar-refractivity contribution in [3.63, 3.8) is 0 Å². The van der Waals surface area contributed by atoms with Crippen molar-refractivity contribution in [2.75, 3.05) is 0 Å². The van der Waals surface area contributed by atoms with Crippen LogP contribution in [0.1, 0.15) is 0 Å². The second-order valence-electron chi connectivity index (χ2n) is 4.67. The van der Waals surface area contributed by atoms with Gasteiger partial charge >= 0.3 is 0 Å². The van der Waals surface area contributed by atoms with Gasteiger partial charge in [-0.25, -0.2) is 0 Å². The summed E-state index contributed by atoms with van der Waals surface area (Å²) in [6.07, 6.45) is 1.57. The smallest absolute Gasteiger partial charge is 0.294 e. The first kappa shape index (κ1) is 18.0. The summed E-state index contributed by atoms with van der Waals surface area (Å²) in [5.74, 6) is 0.0528. The zero-order valence-electron chi connectivity index (χ0n) is 12.0. The number of hydrogen-bond acceptors (Lipinski definition) is 6. The van der Waals surface area contributed by atoms with E-state index < -0.39 is 10.1 Å². The van der Waals surface area contributed by atoms with E-state index in [-0.39, 0.29) is 27.7 Å². The molecule has 0 unspecified atom stereocenters. The Bertz CT molecular complexity index is 1000. The Labute approximate surface area is 148 Å². The van der Waals surface area contributed by atoms with E-state index in [1.54, 1.807) is 24.4 Å². The molecule has 1 radical (unpaired) electrons. The van der Waals surface area contributed by atoms with Crippen LogP contribution in [0, 0.1) is 0 Å². The minimum atomic E-state index is -4.23. The van der Waals surface area contributed by atoms with Crippen molar-refractivity contribution >= 4 is 32.4 Å². The van der Waals surface area contributed by atoms with E-state index in [1.807, 2.05) is 0 Å². The van der Waals surface area contributed by atoms with E-state index in [0.717, 1.165) is 0 Å². The Hall–Kier alpha value is -2.32. The Morgan fingerprint density at radius 3 is 2.33 bits per heavy atom. The average Bonchev–Trinajstić information content (AvgIpc) is 2.54. The molecule has 0 saturated carbocycles. The van der Waals surface area contributed by atoms with Crippen molar-refractivity contribution < 1.29 is 35.1 Å². The van der Waals surface area contributed by atoms with E-state index in [2.05, 4.69) is 15.2 Å². The molecule has 0 atom stereocenters. The maximum Gasteiger partial charge on any atom is 0.294 e. The van der Waals surface area contributed by atoms with E-state index in [4.69, 9.17) is 4.55 Å². The third-order valence-corrected chi connectivity index (χ3v) is 4.00. The van der Waals surface area contributed by atoms with Gasteiger partial charge in [0.15, 0.2) is 0 Å². The molecule has 0 fully saturated rings. The number of hydrogen-bond donors (Lipinski definition) is 2. The van der Waals surface area contributed by atoms with Crippen LogP contribution in [0.4, 0.5) is 11.4 Å². The van der Waals surface area contributed by atoms with Crippen LogP contribution in [-0.2, 0) is 27.2 Å². The number of nitrogens with zero attached hydrogens (tertiary/aromatic N) is 3. The monoisotopic (exact) mass is 384 g/mol. The summed E-state index contributed by atoms with van der Waals surface area (Å²) >= 11 is 0. The molecule has 24 heavy (non-hydrogen) atoms. The Kier molecular flexibility index (Phi) is 5.30. The van der Waals surface area contributed by atoms with Crippen molar-refractivity contribution in [1.82, 2.24) is 4.98 Å². The van der Waals surface area contributed by atoms with Crippen molar-refractivity contribution in [1.29, 1.82) is 0 Å². The molecule has 1 aromatic heterocycles. The van der Waals surface area contributed by atoms with Gasteiger partial charge < -0.3 is 5.11 Å². The zero-order chi connectivity index (χ0) is 16.4. The van der Waals surface area contributed by atoms with E-state index in [0.29, 0.717) is 22.3 Å². The quantitative estimate of drug-likeness (QED) is 0.407. The largest absolute Gasteiger partial charge is 0.506 e. The average molecular weight is 384 g/mol. The normalized spacial score (nSPS) is 11.5. The molecule has 0 aliphatic carbocycles. The van der Waals surface area contributed by atoms with Crippen LogP contribution in [0.5, 0.6) is 5.75 Å². The number of fused-ring (bicyclic) bond motifs is 1. The molecule has 9 heteroatoms. The molecule has 1 heterocycles. The first-order valence-electron chi connectivity index (χ1n) is 6.51. The number of phenolic OH excluding ortho intramolecular Hbond substituents is 1. The van der Waals surface area contributed by atoms with E-state index in [1.165, 1.54) is 30.3 Å². The number of aromatic hydroxyl groups is 1. The Morgan fingerprint density at radius 1 is 0.958 bits per heavy atom. The van der Waals surface area contributed by atoms with E-state index in [9.17, 15) is 13.5 Å². The first-order valence-corrected chi connectivity index (χ1v) is 7.95. The second-order valence-corrected chi connectivity index (χ2v) is 6.09. The molecule has 7 nitrogen and oxygen atoms in total. The second kappa shape index (κ2) is 7.06. The maximum atomic E-state index is 11.0. The standard InChI is InChI=1S/C15H11N3O4S.Mn/c19-14-8-7-13(12-2-1-9-16-15(12)14)18-17-10-3-5-11(6-4-10)23(20,21)22;/h1-9,19H,(H,20,21,22);. The number of pyridine rings is 1. The molecule has 0 saturated heterocycles. The summed E-state index contributed by atoms with van der Waals surface area (Å²) in [4.78, 5) is 3.88. The van der Waals surface area contributed by atoms with Crippen LogP contribution < -0.4 is 0 Å². The fraction of sp³-hybridized carbons (Fsp3) is 0. The number of benzene rings is 2. The van der Waals surface area contributed by atoms with Crippen molar-refractivity contribution in [2.24, 2.45) is 10.2 Å². The molecule has 0 aliphatic rings. The SMILES string of the molecule is O=S(=O)(O)c1ccc(N=Nc2ccc(O)c3ncccc23)cc1.[Mn]. The van der Waals surface area contributed by atoms with Gasteiger partial charge in [0.25, 0.3) is 10.1 Å². The molecule has 0 spiro atoms. The molecule has 0 amide bonds. The first-order chi connectivity index (χ1) is 10.9. The zero-order valence-corrected chi connectivity index (χ0v) is 14.0. The summed E-state index contributed by atoms with van der Waals surface area (Å²) < 4.78 is 30.9. The van der Waals surface area contributed by atoms with Crippen LogP contribution in [-0.4, -0.2) is 23.1 Å². The van der Waals surface area contributed by atoms with Crippen LogP contribution >= 0.6 is 0 Å². The van der Waals surface area contributed by atoms with Crippen molar-refractivity contribution in [2.45, 2.75) is 4.90 Å². The van der Waals surface area contributed by atoms with Crippen LogP contribution in [0.25, 0.3) is 10.9 Å². The third kappa shape index (κ3) is 3.77. The molecular formula is C15H11MnN3O4S. The van der Waals surface area contributed by atoms with Crippen molar-refractivity contribution in [3.8, 4) is 5.75 Å². The summed E-state index contributed by atoms with van der Waals surface area (Å²) in [6.45, 7) is 0. The minimum Gasteiger partial charge on any atom is -0.506 e. The van der Waals surface area contributed by atoms with Crippen LogP contribution in [0.15, 0.2) is 69.9 Å². The predicted octanol–water partition coefficient (Wildman–Crippen LogP) is 3.60. The fourth-order valence-electron chi connectivity index (χ4n) is 2.03. The Balaban J connectivity index is 0.00000208. The molecule has 3 aromatic rings. The minimum absolute atomic E-state index is 0.